The van der Waals surface area contributed by atoms with E-state index in [1.807, 2.05) is 19.3 Å². The van der Waals surface area contributed by atoms with Gasteiger partial charge in [-0.2, -0.15) is 0 Å². The number of hydrogen-bond acceptors (Lipinski definition) is 4. The lowest BCUT2D eigenvalue weighted by Gasteiger charge is -2.21. The summed E-state index contributed by atoms with van der Waals surface area (Å²) in [6.07, 6.45) is 7.12. The first-order chi connectivity index (χ1) is 8.46. The van der Waals surface area contributed by atoms with Crippen LogP contribution in [0.1, 0.15) is 32.0 Å². The molecule has 0 saturated carbocycles. The van der Waals surface area contributed by atoms with Gasteiger partial charge in [-0.25, -0.2) is 15.0 Å². The van der Waals surface area contributed by atoms with Crippen LogP contribution < -0.4 is 5.32 Å². The van der Waals surface area contributed by atoms with Gasteiger partial charge in [-0.1, -0.05) is 0 Å². The SMILES string of the molecule is Cc1nc(-n2ccnc2)ncc1CNC(C)(C)C. The molecule has 1 N–H and O–H groups in total. The van der Waals surface area contributed by atoms with E-state index in [2.05, 4.69) is 41.0 Å². The van der Waals surface area contributed by atoms with Crippen LogP contribution in [0.4, 0.5) is 0 Å². The Balaban J connectivity index is 2.16. The van der Waals surface area contributed by atoms with Crippen LogP contribution in [0.25, 0.3) is 5.95 Å². The van der Waals surface area contributed by atoms with Crippen molar-refractivity contribution in [3.05, 3.63) is 36.2 Å². The van der Waals surface area contributed by atoms with E-state index in [-0.39, 0.29) is 5.54 Å². The molecular weight excluding hydrogens is 226 g/mol. The van der Waals surface area contributed by atoms with Gasteiger partial charge in [-0.05, 0) is 27.7 Å². The predicted octanol–water partition coefficient (Wildman–Crippen LogP) is 1.86. The van der Waals surface area contributed by atoms with Gasteiger partial charge in [0.2, 0.25) is 5.95 Å². The predicted molar refractivity (Wildman–Crippen MR) is 70.5 cm³/mol. The molecule has 2 heterocycles. The first-order valence-electron chi connectivity index (χ1n) is 6.01. The maximum absolute atomic E-state index is 4.49. The Hall–Kier alpha value is -1.75. The number of nitrogens with one attached hydrogen (secondary N) is 1. The van der Waals surface area contributed by atoms with Crippen molar-refractivity contribution in [2.75, 3.05) is 0 Å². The summed E-state index contributed by atoms with van der Waals surface area (Å²) in [6, 6.07) is 0. The van der Waals surface area contributed by atoms with E-state index >= 15 is 0 Å². The van der Waals surface area contributed by atoms with E-state index < -0.39 is 0 Å². The van der Waals surface area contributed by atoms with Gasteiger partial charge in [0.15, 0.2) is 0 Å². The van der Waals surface area contributed by atoms with Gasteiger partial charge in [-0.3, -0.25) is 4.57 Å². The Bertz CT molecular complexity index is 511. The largest absolute Gasteiger partial charge is 0.308 e. The first kappa shape index (κ1) is 12.7. The third-order valence-corrected chi connectivity index (χ3v) is 2.61. The number of imidazole rings is 1. The molecule has 0 aromatic carbocycles. The first-order valence-corrected chi connectivity index (χ1v) is 6.01. The summed E-state index contributed by atoms with van der Waals surface area (Å²) in [5.74, 6) is 0.657. The molecule has 0 aliphatic carbocycles. The molecule has 0 saturated heterocycles. The molecule has 0 bridgehead atoms. The zero-order valence-electron chi connectivity index (χ0n) is 11.3. The Morgan fingerprint density at radius 1 is 1.33 bits per heavy atom. The molecule has 0 fully saturated rings. The van der Waals surface area contributed by atoms with E-state index in [1.54, 1.807) is 17.1 Å². The van der Waals surface area contributed by atoms with Gasteiger partial charge in [0.25, 0.3) is 0 Å². The molecule has 0 atom stereocenters. The van der Waals surface area contributed by atoms with Crippen LogP contribution >= 0.6 is 0 Å². The highest BCUT2D eigenvalue weighted by Crippen LogP contribution is 2.09. The minimum absolute atomic E-state index is 0.0927. The normalized spacial score (nSPS) is 11.8. The summed E-state index contributed by atoms with van der Waals surface area (Å²) in [5.41, 5.74) is 2.20. The molecule has 0 aliphatic rings. The van der Waals surface area contributed by atoms with Crippen LogP contribution in [-0.4, -0.2) is 25.1 Å². The van der Waals surface area contributed by atoms with Crippen molar-refractivity contribution >= 4 is 0 Å². The lowest BCUT2D eigenvalue weighted by atomic mass is 10.1. The van der Waals surface area contributed by atoms with Crippen LogP contribution in [0.2, 0.25) is 0 Å². The number of aryl methyl sites for hydroxylation is 1. The van der Waals surface area contributed by atoms with Gasteiger partial charge in [0, 0.05) is 41.9 Å². The van der Waals surface area contributed by atoms with E-state index in [9.17, 15) is 0 Å². The highest BCUT2D eigenvalue weighted by molar-refractivity contribution is 5.21. The number of nitrogens with zero attached hydrogens (tertiary/aromatic N) is 4. The minimum Gasteiger partial charge on any atom is -0.308 e. The number of hydrogen-bond donors (Lipinski definition) is 1. The molecule has 0 aliphatic heterocycles. The zero-order valence-corrected chi connectivity index (χ0v) is 11.3. The maximum atomic E-state index is 4.49. The monoisotopic (exact) mass is 245 g/mol. The Labute approximate surface area is 107 Å². The van der Waals surface area contributed by atoms with Crippen LogP contribution in [0, 0.1) is 6.92 Å². The van der Waals surface area contributed by atoms with Crippen molar-refractivity contribution in [1.82, 2.24) is 24.8 Å². The molecule has 2 aromatic rings. The standard InChI is InChI=1S/C13H19N5/c1-10-11(8-16-13(2,3)4)7-15-12(17-10)18-6-5-14-9-18/h5-7,9,16H,8H2,1-4H3. The van der Waals surface area contributed by atoms with Crippen LogP contribution in [-0.2, 0) is 6.54 Å². The summed E-state index contributed by atoms with van der Waals surface area (Å²) in [6.45, 7) is 9.20. The molecule has 5 nitrogen and oxygen atoms in total. The summed E-state index contributed by atoms with van der Waals surface area (Å²) in [5, 5.41) is 3.43. The van der Waals surface area contributed by atoms with Crippen molar-refractivity contribution in [1.29, 1.82) is 0 Å². The summed E-state index contributed by atoms with van der Waals surface area (Å²) in [7, 11) is 0. The highest BCUT2D eigenvalue weighted by Gasteiger charge is 2.10. The van der Waals surface area contributed by atoms with Crippen molar-refractivity contribution in [3.63, 3.8) is 0 Å². The van der Waals surface area contributed by atoms with Crippen LogP contribution in [0.5, 0.6) is 0 Å². The lowest BCUT2D eigenvalue weighted by molar-refractivity contribution is 0.423. The highest BCUT2D eigenvalue weighted by atomic mass is 15.2. The summed E-state index contributed by atoms with van der Waals surface area (Å²) in [4.78, 5) is 12.8. The second-order valence-corrected chi connectivity index (χ2v) is 5.35. The fourth-order valence-corrected chi connectivity index (χ4v) is 1.52. The summed E-state index contributed by atoms with van der Waals surface area (Å²) >= 11 is 0. The van der Waals surface area contributed by atoms with Crippen molar-refractivity contribution in [2.45, 2.75) is 39.8 Å². The topological polar surface area (TPSA) is 55.6 Å². The Morgan fingerprint density at radius 3 is 2.67 bits per heavy atom. The maximum Gasteiger partial charge on any atom is 0.235 e. The quantitative estimate of drug-likeness (QED) is 0.896. The fraction of sp³-hybridized carbons (Fsp3) is 0.462. The van der Waals surface area contributed by atoms with Gasteiger partial charge in [0.1, 0.15) is 6.33 Å². The lowest BCUT2D eigenvalue weighted by Crippen LogP contribution is -2.35. The third kappa shape index (κ3) is 3.13. The molecule has 0 unspecified atom stereocenters. The van der Waals surface area contributed by atoms with Crippen LogP contribution in [0.15, 0.2) is 24.9 Å². The average molecular weight is 245 g/mol. The van der Waals surface area contributed by atoms with Gasteiger partial charge in [-0.15, -0.1) is 0 Å². The van der Waals surface area contributed by atoms with Crippen molar-refractivity contribution in [3.8, 4) is 5.95 Å². The van der Waals surface area contributed by atoms with Crippen molar-refractivity contribution < 1.29 is 0 Å². The molecular formula is C13H19N5. The third-order valence-electron chi connectivity index (χ3n) is 2.61. The molecule has 2 aromatic heterocycles. The molecule has 0 radical (unpaired) electrons. The van der Waals surface area contributed by atoms with E-state index in [4.69, 9.17) is 0 Å². The fourth-order valence-electron chi connectivity index (χ4n) is 1.52. The molecule has 0 spiro atoms. The Kier molecular flexibility index (Phi) is 3.43. The minimum atomic E-state index is 0.0927. The van der Waals surface area contributed by atoms with E-state index in [0.29, 0.717) is 5.95 Å². The van der Waals surface area contributed by atoms with Gasteiger partial charge < -0.3 is 5.32 Å². The van der Waals surface area contributed by atoms with Crippen LogP contribution in [0.3, 0.4) is 0 Å². The van der Waals surface area contributed by atoms with Gasteiger partial charge in [0.05, 0.1) is 0 Å². The molecule has 96 valence electrons. The summed E-state index contributed by atoms with van der Waals surface area (Å²) < 4.78 is 1.80. The molecule has 0 amide bonds. The zero-order chi connectivity index (χ0) is 13.2. The average Bonchev–Trinajstić information content (AvgIpc) is 2.79. The smallest absolute Gasteiger partial charge is 0.235 e. The van der Waals surface area contributed by atoms with Crippen molar-refractivity contribution in [2.24, 2.45) is 0 Å². The van der Waals surface area contributed by atoms with E-state index in [0.717, 1.165) is 17.8 Å². The number of aromatic nitrogens is 4. The van der Waals surface area contributed by atoms with Gasteiger partial charge >= 0.3 is 0 Å². The second kappa shape index (κ2) is 4.86. The number of rotatable bonds is 3. The second-order valence-electron chi connectivity index (χ2n) is 5.35. The molecule has 2 rings (SSSR count). The molecule has 18 heavy (non-hydrogen) atoms. The van der Waals surface area contributed by atoms with E-state index in [1.165, 1.54) is 0 Å². The molecule has 5 heteroatoms. The Morgan fingerprint density at radius 2 is 2.11 bits per heavy atom.